The van der Waals surface area contributed by atoms with Gasteiger partial charge in [-0.15, -0.1) is 11.3 Å². The van der Waals surface area contributed by atoms with Crippen LogP contribution in [0.15, 0.2) is 31.8 Å². The first-order valence-corrected chi connectivity index (χ1v) is 7.73. The van der Waals surface area contributed by atoms with Crippen molar-refractivity contribution in [3.63, 3.8) is 0 Å². The van der Waals surface area contributed by atoms with Crippen molar-refractivity contribution in [2.45, 2.75) is 13.0 Å². The lowest BCUT2D eigenvalue weighted by atomic mass is 10.0. The lowest BCUT2D eigenvalue weighted by molar-refractivity contribution is 0.870. The normalized spacial score (nSPS) is 12.8. The summed E-state index contributed by atoms with van der Waals surface area (Å²) in [4.78, 5) is 0. The van der Waals surface area contributed by atoms with E-state index in [2.05, 4.69) is 31.9 Å². The van der Waals surface area contributed by atoms with Gasteiger partial charge in [0.2, 0.25) is 0 Å². The van der Waals surface area contributed by atoms with E-state index in [1.165, 1.54) is 0 Å². The summed E-state index contributed by atoms with van der Waals surface area (Å²) in [5.41, 5.74) is 9.46. The second kappa shape index (κ2) is 5.41. The molecule has 1 heterocycles. The Labute approximate surface area is 126 Å². The fraction of sp³-hybridized carbons (Fsp3) is 0.167. The molecule has 0 bridgehead atoms. The van der Waals surface area contributed by atoms with Crippen LogP contribution in [0.4, 0.5) is 0 Å². The van der Waals surface area contributed by atoms with E-state index < -0.39 is 0 Å². The maximum atomic E-state index is 6.26. The zero-order valence-electron chi connectivity index (χ0n) is 9.01. The Balaban J connectivity index is 2.40. The first kappa shape index (κ1) is 13.6. The fourth-order valence-electron chi connectivity index (χ4n) is 1.61. The van der Waals surface area contributed by atoms with Crippen molar-refractivity contribution in [2.24, 2.45) is 5.73 Å². The lowest BCUT2D eigenvalue weighted by Crippen LogP contribution is -2.11. The van der Waals surface area contributed by atoms with Crippen molar-refractivity contribution in [3.8, 4) is 0 Å². The summed E-state index contributed by atoms with van der Waals surface area (Å²) in [7, 11) is 0. The van der Waals surface area contributed by atoms with Crippen molar-refractivity contribution in [2.75, 3.05) is 0 Å². The van der Waals surface area contributed by atoms with Gasteiger partial charge in [0, 0.05) is 5.02 Å². The molecule has 1 aromatic heterocycles. The predicted molar refractivity (Wildman–Crippen MR) is 81.9 cm³/mol. The van der Waals surface area contributed by atoms with Crippen LogP contribution in [0.1, 0.15) is 22.7 Å². The molecule has 0 fully saturated rings. The summed E-state index contributed by atoms with van der Waals surface area (Å²) in [6.45, 7) is 1.98. The molecule has 90 valence electrons. The molecule has 0 saturated heterocycles. The average Bonchev–Trinajstić information content (AvgIpc) is 2.61. The van der Waals surface area contributed by atoms with Crippen LogP contribution in [-0.2, 0) is 0 Å². The summed E-state index contributed by atoms with van der Waals surface area (Å²) in [6, 6.07) is 7.80. The minimum atomic E-state index is -0.136. The molecule has 1 atom stereocenters. The van der Waals surface area contributed by atoms with Crippen LogP contribution in [-0.4, -0.2) is 0 Å². The minimum Gasteiger partial charge on any atom is -0.320 e. The lowest BCUT2D eigenvalue weighted by Gasteiger charge is -2.12. The van der Waals surface area contributed by atoms with Crippen LogP contribution in [0.5, 0.6) is 0 Å². The fourth-order valence-corrected chi connectivity index (χ4v) is 4.65. The first-order valence-electron chi connectivity index (χ1n) is 4.95. The minimum absolute atomic E-state index is 0.136. The molecule has 2 rings (SSSR count). The number of hydrogen-bond acceptors (Lipinski definition) is 2. The van der Waals surface area contributed by atoms with Crippen molar-refractivity contribution >= 4 is 54.8 Å². The van der Waals surface area contributed by atoms with E-state index in [-0.39, 0.29) is 6.04 Å². The smallest absolute Gasteiger partial charge is 0.0761 e. The van der Waals surface area contributed by atoms with Crippen LogP contribution in [0, 0.1) is 6.92 Å². The van der Waals surface area contributed by atoms with Crippen LogP contribution in [0.3, 0.4) is 0 Å². The highest BCUT2D eigenvalue weighted by Crippen LogP contribution is 2.37. The zero-order valence-corrected chi connectivity index (χ0v) is 13.8. The van der Waals surface area contributed by atoms with Crippen molar-refractivity contribution in [1.29, 1.82) is 0 Å². The summed E-state index contributed by atoms with van der Waals surface area (Å²) >= 11 is 14.6. The van der Waals surface area contributed by atoms with E-state index in [9.17, 15) is 0 Å². The highest BCUT2D eigenvalue weighted by atomic mass is 79.9. The van der Waals surface area contributed by atoms with E-state index in [4.69, 9.17) is 17.3 Å². The first-order chi connectivity index (χ1) is 7.99. The largest absolute Gasteiger partial charge is 0.320 e. The molecular formula is C12H10Br2ClNS. The average molecular weight is 396 g/mol. The zero-order chi connectivity index (χ0) is 12.6. The van der Waals surface area contributed by atoms with Crippen LogP contribution >= 0.6 is 54.8 Å². The topological polar surface area (TPSA) is 26.0 Å². The van der Waals surface area contributed by atoms with Gasteiger partial charge in [-0.05, 0) is 67.6 Å². The molecule has 2 aromatic rings. The van der Waals surface area contributed by atoms with Crippen LogP contribution in [0.2, 0.25) is 5.02 Å². The third-order valence-corrected chi connectivity index (χ3v) is 5.37. The molecule has 1 nitrogen and oxygen atoms in total. The Hall–Kier alpha value is 0.130. The summed E-state index contributed by atoms with van der Waals surface area (Å²) in [5, 5.41) is 0.770. The van der Waals surface area contributed by atoms with Gasteiger partial charge >= 0.3 is 0 Å². The van der Waals surface area contributed by atoms with Crippen LogP contribution < -0.4 is 5.73 Å². The molecule has 0 saturated carbocycles. The summed E-state index contributed by atoms with van der Waals surface area (Å²) in [5.74, 6) is 0. The van der Waals surface area contributed by atoms with Gasteiger partial charge in [-0.3, -0.25) is 0 Å². The number of benzene rings is 1. The number of rotatable bonds is 2. The number of halogens is 3. The summed E-state index contributed by atoms with van der Waals surface area (Å²) in [6.07, 6.45) is 0. The third kappa shape index (κ3) is 2.93. The quantitative estimate of drug-likeness (QED) is 0.735. The second-order valence-corrected chi connectivity index (χ2v) is 7.92. The van der Waals surface area contributed by atoms with Gasteiger partial charge in [-0.2, -0.15) is 0 Å². The van der Waals surface area contributed by atoms with Crippen molar-refractivity contribution in [1.82, 2.24) is 0 Å². The standard InChI is InChI=1S/C12H10Br2ClNS/c1-6-4-7(2-3-9(6)15)11(16)8-5-10(13)17-12(8)14/h2-5,11H,16H2,1H3. The molecule has 1 aromatic carbocycles. The van der Waals surface area contributed by atoms with Gasteiger partial charge in [0.05, 0.1) is 13.6 Å². The molecule has 0 spiro atoms. The Morgan fingerprint density at radius 1 is 1.29 bits per heavy atom. The Bertz CT molecular complexity index is 553. The molecule has 2 N–H and O–H groups in total. The van der Waals surface area contributed by atoms with Crippen molar-refractivity contribution < 1.29 is 0 Å². The molecular weight excluding hydrogens is 385 g/mol. The van der Waals surface area contributed by atoms with E-state index >= 15 is 0 Å². The van der Waals surface area contributed by atoms with Crippen LogP contribution in [0.25, 0.3) is 0 Å². The number of thiophene rings is 1. The highest BCUT2D eigenvalue weighted by Gasteiger charge is 2.15. The SMILES string of the molecule is Cc1cc(C(N)c2cc(Br)sc2Br)ccc1Cl. The third-order valence-electron chi connectivity index (χ3n) is 2.56. The number of hydrogen-bond donors (Lipinski definition) is 1. The number of aryl methyl sites for hydroxylation is 1. The van der Waals surface area contributed by atoms with E-state index in [0.29, 0.717) is 0 Å². The molecule has 0 aliphatic carbocycles. The number of nitrogens with two attached hydrogens (primary N) is 1. The van der Waals surface area contributed by atoms with Gasteiger partial charge in [0.1, 0.15) is 0 Å². The van der Waals surface area contributed by atoms with Gasteiger partial charge in [0.25, 0.3) is 0 Å². The Morgan fingerprint density at radius 2 is 2.00 bits per heavy atom. The highest BCUT2D eigenvalue weighted by molar-refractivity contribution is 9.12. The molecule has 0 aliphatic heterocycles. The van der Waals surface area contributed by atoms with Gasteiger partial charge < -0.3 is 5.73 Å². The van der Waals surface area contributed by atoms with E-state index in [0.717, 1.165) is 29.3 Å². The van der Waals surface area contributed by atoms with E-state index in [1.54, 1.807) is 11.3 Å². The van der Waals surface area contributed by atoms with Crippen molar-refractivity contribution in [3.05, 3.63) is 53.6 Å². The molecule has 1 unspecified atom stereocenters. The maximum absolute atomic E-state index is 6.26. The summed E-state index contributed by atoms with van der Waals surface area (Å²) < 4.78 is 2.13. The van der Waals surface area contributed by atoms with Gasteiger partial charge in [0.15, 0.2) is 0 Å². The maximum Gasteiger partial charge on any atom is 0.0761 e. The molecule has 17 heavy (non-hydrogen) atoms. The monoisotopic (exact) mass is 393 g/mol. The van der Waals surface area contributed by atoms with Gasteiger partial charge in [-0.25, -0.2) is 0 Å². The predicted octanol–water partition coefficient (Wildman–Crippen LogP) is 5.28. The Morgan fingerprint density at radius 3 is 2.53 bits per heavy atom. The molecule has 0 radical (unpaired) electrons. The van der Waals surface area contributed by atoms with Gasteiger partial charge in [-0.1, -0.05) is 23.7 Å². The molecule has 0 aliphatic rings. The molecule has 5 heteroatoms. The second-order valence-electron chi connectivity index (χ2n) is 3.77. The molecule has 0 amide bonds. The Kier molecular flexibility index (Phi) is 4.31. The van der Waals surface area contributed by atoms with E-state index in [1.807, 2.05) is 31.2 Å².